The molecule has 4 heteroatoms. The Kier molecular flexibility index (Phi) is 13.4. The molecule has 0 aromatic carbocycles. The van der Waals surface area contributed by atoms with Crippen LogP contribution in [0.5, 0.6) is 0 Å². The van der Waals surface area contributed by atoms with Gasteiger partial charge >= 0.3 is 0 Å². The van der Waals surface area contributed by atoms with Crippen molar-refractivity contribution < 1.29 is 0 Å². The van der Waals surface area contributed by atoms with Crippen LogP contribution in [-0.2, 0) is 0 Å². The van der Waals surface area contributed by atoms with Gasteiger partial charge in [0, 0.05) is 0 Å². The smallest absolute Gasteiger partial charge is 0.183 e. The molecule has 0 aliphatic heterocycles. The first-order valence-corrected chi connectivity index (χ1v) is 3.48. The van der Waals surface area contributed by atoms with Crippen LogP contribution in [0.4, 0.5) is 0 Å². The Balaban J connectivity index is 0. The predicted octanol–water partition coefficient (Wildman–Crippen LogP) is 0.555. The SMILES string of the molecule is CCCCS.N=C(N)N. The maximum absolute atomic E-state index is 6.06. The third-order valence-electron chi connectivity index (χ3n) is 0.512. The molecule has 0 saturated carbocycles. The molecule has 0 aromatic heterocycles. The lowest BCUT2D eigenvalue weighted by Crippen LogP contribution is -2.20. The number of nitrogens with one attached hydrogen (secondary N) is 1. The lowest BCUT2D eigenvalue weighted by atomic mass is 10.4. The predicted molar refractivity (Wildman–Crippen MR) is 44.9 cm³/mol. The molecule has 0 fully saturated rings. The molecule has 0 aromatic rings. The third kappa shape index (κ3) is 91.7. The quantitative estimate of drug-likeness (QED) is 0.263. The fourth-order valence-corrected chi connectivity index (χ4v) is 0.474. The van der Waals surface area contributed by atoms with E-state index in [0.717, 1.165) is 5.75 Å². The number of nitrogens with two attached hydrogens (primary N) is 2. The summed E-state index contributed by atoms with van der Waals surface area (Å²) in [5.41, 5.74) is 8.94. The van der Waals surface area contributed by atoms with Gasteiger partial charge in [-0.25, -0.2) is 0 Å². The second-order valence-corrected chi connectivity index (χ2v) is 1.98. The van der Waals surface area contributed by atoms with Crippen molar-refractivity contribution in [3.05, 3.63) is 0 Å². The highest BCUT2D eigenvalue weighted by Gasteiger charge is 1.68. The Morgan fingerprint density at radius 3 is 1.89 bits per heavy atom. The molecule has 0 bridgehead atoms. The second kappa shape index (κ2) is 10.6. The van der Waals surface area contributed by atoms with Gasteiger partial charge in [-0.3, -0.25) is 5.41 Å². The van der Waals surface area contributed by atoms with E-state index < -0.39 is 0 Å². The van der Waals surface area contributed by atoms with Gasteiger partial charge in [0.15, 0.2) is 5.96 Å². The topological polar surface area (TPSA) is 75.9 Å². The lowest BCUT2D eigenvalue weighted by molar-refractivity contribution is 0.899. The van der Waals surface area contributed by atoms with Crippen LogP contribution in [0.1, 0.15) is 19.8 Å². The van der Waals surface area contributed by atoms with Crippen LogP contribution < -0.4 is 11.5 Å². The summed E-state index contributed by atoms with van der Waals surface area (Å²) in [6.45, 7) is 2.16. The van der Waals surface area contributed by atoms with Crippen LogP contribution in [-0.4, -0.2) is 11.7 Å². The highest BCUT2D eigenvalue weighted by atomic mass is 32.1. The summed E-state index contributed by atoms with van der Waals surface area (Å²) < 4.78 is 0. The number of hydrogen-bond acceptors (Lipinski definition) is 2. The molecule has 0 spiro atoms. The molecular weight excluding hydrogens is 134 g/mol. The summed E-state index contributed by atoms with van der Waals surface area (Å²) in [6, 6.07) is 0. The molecule has 0 radical (unpaired) electrons. The Hall–Kier alpha value is -0.380. The van der Waals surface area contributed by atoms with Gasteiger partial charge in [-0.2, -0.15) is 12.6 Å². The minimum absolute atomic E-state index is 0.333. The Morgan fingerprint density at radius 2 is 1.89 bits per heavy atom. The van der Waals surface area contributed by atoms with Crippen molar-refractivity contribution in [1.29, 1.82) is 5.41 Å². The first kappa shape index (κ1) is 11.4. The number of guanidine groups is 1. The van der Waals surface area contributed by atoms with E-state index in [2.05, 4.69) is 31.0 Å². The van der Waals surface area contributed by atoms with Gasteiger partial charge in [0.2, 0.25) is 0 Å². The number of rotatable bonds is 2. The molecule has 3 nitrogen and oxygen atoms in total. The van der Waals surface area contributed by atoms with Gasteiger partial charge in [-0.15, -0.1) is 0 Å². The Morgan fingerprint density at radius 1 is 1.56 bits per heavy atom. The number of thiol groups is 1. The van der Waals surface area contributed by atoms with E-state index in [1.165, 1.54) is 12.8 Å². The lowest BCUT2D eigenvalue weighted by Gasteiger charge is -1.78. The third-order valence-corrected chi connectivity index (χ3v) is 0.828. The van der Waals surface area contributed by atoms with Gasteiger partial charge in [-0.05, 0) is 12.2 Å². The minimum atomic E-state index is -0.333. The second-order valence-electron chi connectivity index (χ2n) is 1.53. The van der Waals surface area contributed by atoms with Gasteiger partial charge in [0.05, 0.1) is 0 Å². The van der Waals surface area contributed by atoms with E-state index in [1.54, 1.807) is 0 Å². The van der Waals surface area contributed by atoms with Crippen molar-refractivity contribution >= 4 is 18.6 Å². The Bertz CT molecular complexity index is 59.2. The summed E-state index contributed by atoms with van der Waals surface area (Å²) in [4.78, 5) is 0. The molecule has 5 N–H and O–H groups in total. The van der Waals surface area contributed by atoms with Crippen LogP contribution in [0.25, 0.3) is 0 Å². The molecule has 0 aliphatic rings. The molecule has 0 unspecified atom stereocenters. The molecule has 56 valence electrons. The molecule has 0 heterocycles. The van der Waals surface area contributed by atoms with Crippen molar-refractivity contribution in [3.63, 3.8) is 0 Å². The van der Waals surface area contributed by atoms with Crippen molar-refractivity contribution in [2.24, 2.45) is 11.5 Å². The van der Waals surface area contributed by atoms with Crippen LogP contribution >= 0.6 is 12.6 Å². The van der Waals surface area contributed by atoms with E-state index >= 15 is 0 Å². The van der Waals surface area contributed by atoms with Crippen LogP contribution in [0.3, 0.4) is 0 Å². The van der Waals surface area contributed by atoms with Crippen LogP contribution in [0.2, 0.25) is 0 Å². The molecule has 0 saturated heterocycles. The van der Waals surface area contributed by atoms with E-state index in [1.807, 2.05) is 0 Å². The molecule has 0 aliphatic carbocycles. The molecular formula is C5H15N3S. The molecule has 0 amide bonds. The van der Waals surface area contributed by atoms with Crippen LogP contribution in [0.15, 0.2) is 0 Å². The van der Waals surface area contributed by atoms with Gasteiger partial charge in [0.1, 0.15) is 0 Å². The summed E-state index contributed by atoms with van der Waals surface area (Å²) in [6.07, 6.45) is 2.52. The number of unbranched alkanes of at least 4 members (excludes halogenated alkanes) is 1. The first-order valence-electron chi connectivity index (χ1n) is 2.85. The first-order chi connectivity index (χ1) is 4.15. The van der Waals surface area contributed by atoms with Gasteiger partial charge in [0.25, 0.3) is 0 Å². The number of hydrogen-bond donors (Lipinski definition) is 4. The van der Waals surface area contributed by atoms with Gasteiger partial charge in [-0.1, -0.05) is 13.3 Å². The van der Waals surface area contributed by atoms with Crippen LogP contribution in [0, 0.1) is 5.41 Å². The molecule has 0 atom stereocenters. The van der Waals surface area contributed by atoms with E-state index in [-0.39, 0.29) is 5.96 Å². The summed E-state index contributed by atoms with van der Waals surface area (Å²) >= 11 is 4.00. The maximum atomic E-state index is 6.06. The fourth-order valence-electron chi connectivity index (χ4n) is 0.158. The normalized spacial score (nSPS) is 7.33. The summed E-state index contributed by atoms with van der Waals surface area (Å²) in [7, 11) is 0. The van der Waals surface area contributed by atoms with Gasteiger partial charge < -0.3 is 11.5 Å². The largest absolute Gasteiger partial charge is 0.370 e. The molecule has 9 heavy (non-hydrogen) atoms. The zero-order valence-corrected chi connectivity index (χ0v) is 6.62. The average Bonchev–Trinajstić information content (AvgIpc) is 1.66. The van der Waals surface area contributed by atoms with Crippen molar-refractivity contribution in [2.75, 3.05) is 5.75 Å². The monoisotopic (exact) mass is 149 g/mol. The summed E-state index contributed by atoms with van der Waals surface area (Å²) in [5.74, 6) is 0.705. The molecule has 0 rings (SSSR count). The van der Waals surface area contributed by atoms with Crippen molar-refractivity contribution in [2.45, 2.75) is 19.8 Å². The highest BCUT2D eigenvalue weighted by molar-refractivity contribution is 7.80. The van der Waals surface area contributed by atoms with E-state index in [9.17, 15) is 0 Å². The highest BCUT2D eigenvalue weighted by Crippen LogP contribution is 1.85. The minimum Gasteiger partial charge on any atom is -0.370 e. The van der Waals surface area contributed by atoms with E-state index in [0.29, 0.717) is 0 Å². The Labute approximate surface area is 61.7 Å². The zero-order valence-electron chi connectivity index (χ0n) is 5.72. The fraction of sp³-hybridized carbons (Fsp3) is 0.800. The summed E-state index contributed by atoms with van der Waals surface area (Å²) in [5, 5.41) is 6.06. The zero-order chi connectivity index (χ0) is 7.70. The van der Waals surface area contributed by atoms with Crippen molar-refractivity contribution in [1.82, 2.24) is 0 Å². The van der Waals surface area contributed by atoms with Crippen molar-refractivity contribution in [3.8, 4) is 0 Å². The van der Waals surface area contributed by atoms with E-state index in [4.69, 9.17) is 5.41 Å². The maximum Gasteiger partial charge on any atom is 0.183 e. The average molecular weight is 149 g/mol. The standard InChI is InChI=1S/C4H10S.CH5N3/c1-2-3-4-5;2-1(3)4/h5H,2-4H2,1H3;(H5,2,3,4).